The highest BCUT2D eigenvalue weighted by atomic mass is 16.5. The molecule has 6 heteroatoms. The van der Waals surface area contributed by atoms with E-state index >= 15 is 0 Å². The first kappa shape index (κ1) is 16.8. The molecule has 2 N–H and O–H groups in total. The van der Waals surface area contributed by atoms with Crippen molar-refractivity contribution >= 4 is 11.8 Å². The van der Waals surface area contributed by atoms with Gasteiger partial charge in [-0.25, -0.2) is 0 Å². The first-order valence-electron chi connectivity index (χ1n) is 8.24. The van der Waals surface area contributed by atoms with Crippen molar-refractivity contribution in [1.82, 2.24) is 10.9 Å². The minimum absolute atomic E-state index is 0.100. The maximum Gasteiger partial charge on any atom is 0.305 e. The largest absolute Gasteiger partial charge is 0.486 e. The van der Waals surface area contributed by atoms with Crippen LogP contribution in [0, 0.1) is 5.92 Å². The van der Waals surface area contributed by atoms with Gasteiger partial charge in [0.2, 0.25) is 5.91 Å². The summed E-state index contributed by atoms with van der Waals surface area (Å²) in [4.78, 5) is 24.0. The Hall–Kier alpha value is -3.02. The SMILES string of the molecule is O=C(NNC(=O)[C@H]1CC=CCC1)c1ccc(COc2ccccc2)o1. The van der Waals surface area contributed by atoms with Crippen molar-refractivity contribution in [3.05, 3.63) is 66.1 Å². The molecule has 1 atom stereocenters. The molecule has 1 aromatic heterocycles. The molecule has 130 valence electrons. The van der Waals surface area contributed by atoms with Crippen molar-refractivity contribution in [3.8, 4) is 5.75 Å². The van der Waals surface area contributed by atoms with Crippen LogP contribution < -0.4 is 15.6 Å². The van der Waals surface area contributed by atoms with Gasteiger partial charge in [0.15, 0.2) is 5.76 Å². The first-order valence-corrected chi connectivity index (χ1v) is 8.24. The Labute approximate surface area is 145 Å². The van der Waals surface area contributed by atoms with Gasteiger partial charge in [0.1, 0.15) is 18.1 Å². The number of carbonyl (C=O) groups is 2. The molecule has 1 aliphatic carbocycles. The molecule has 0 radical (unpaired) electrons. The third kappa shape index (κ3) is 4.73. The van der Waals surface area contributed by atoms with Crippen molar-refractivity contribution in [3.63, 3.8) is 0 Å². The van der Waals surface area contributed by atoms with E-state index in [9.17, 15) is 9.59 Å². The second kappa shape index (κ2) is 8.19. The molecular formula is C19H20N2O4. The van der Waals surface area contributed by atoms with Gasteiger partial charge in [-0.05, 0) is 43.5 Å². The molecule has 1 aliphatic rings. The Kier molecular flexibility index (Phi) is 5.51. The van der Waals surface area contributed by atoms with Crippen LogP contribution in [0.15, 0.2) is 59.0 Å². The summed E-state index contributed by atoms with van der Waals surface area (Å²) in [5, 5.41) is 0. The van der Waals surface area contributed by atoms with Gasteiger partial charge in [0, 0.05) is 5.92 Å². The highest BCUT2D eigenvalue weighted by Gasteiger charge is 2.20. The molecular weight excluding hydrogens is 320 g/mol. The number of para-hydroxylation sites is 1. The minimum Gasteiger partial charge on any atom is -0.486 e. The molecule has 0 unspecified atom stereocenters. The summed E-state index contributed by atoms with van der Waals surface area (Å²) in [5.74, 6) is 0.589. The number of furan rings is 1. The lowest BCUT2D eigenvalue weighted by atomic mass is 9.94. The van der Waals surface area contributed by atoms with Crippen LogP contribution in [0.4, 0.5) is 0 Å². The van der Waals surface area contributed by atoms with Gasteiger partial charge in [-0.3, -0.25) is 20.4 Å². The number of allylic oxidation sites excluding steroid dienone is 2. The van der Waals surface area contributed by atoms with Crippen molar-refractivity contribution in [2.75, 3.05) is 0 Å². The molecule has 1 heterocycles. The second-order valence-electron chi connectivity index (χ2n) is 5.79. The zero-order valence-electron chi connectivity index (χ0n) is 13.7. The number of hydrogen-bond donors (Lipinski definition) is 2. The fourth-order valence-electron chi connectivity index (χ4n) is 2.56. The third-order valence-corrected chi connectivity index (χ3v) is 3.95. The zero-order chi connectivity index (χ0) is 17.5. The summed E-state index contributed by atoms with van der Waals surface area (Å²) in [6, 6.07) is 12.6. The molecule has 0 spiro atoms. The molecule has 0 aliphatic heterocycles. The first-order chi connectivity index (χ1) is 12.2. The summed E-state index contributed by atoms with van der Waals surface area (Å²) < 4.78 is 11.0. The number of rotatable bonds is 5. The lowest BCUT2D eigenvalue weighted by molar-refractivity contribution is -0.126. The van der Waals surface area contributed by atoms with E-state index in [4.69, 9.17) is 9.15 Å². The molecule has 0 saturated carbocycles. The maximum absolute atomic E-state index is 12.0. The van der Waals surface area contributed by atoms with Crippen LogP contribution in [0.2, 0.25) is 0 Å². The topological polar surface area (TPSA) is 80.6 Å². The fraction of sp³-hybridized carbons (Fsp3) is 0.263. The lowest BCUT2D eigenvalue weighted by Crippen LogP contribution is -2.44. The molecule has 0 fully saturated rings. The Morgan fingerprint density at radius 2 is 1.92 bits per heavy atom. The summed E-state index contributed by atoms with van der Waals surface area (Å²) >= 11 is 0. The number of amides is 2. The number of carbonyl (C=O) groups excluding carboxylic acids is 2. The van der Waals surface area contributed by atoms with Crippen LogP contribution in [0.25, 0.3) is 0 Å². The molecule has 6 nitrogen and oxygen atoms in total. The van der Waals surface area contributed by atoms with E-state index in [2.05, 4.69) is 16.9 Å². The van der Waals surface area contributed by atoms with Crippen molar-refractivity contribution in [2.24, 2.45) is 5.92 Å². The van der Waals surface area contributed by atoms with E-state index in [1.807, 2.05) is 36.4 Å². The number of ether oxygens (including phenoxy) is 1. The molecule has 2 amide bonds. The van der Waals surface area contributed by atoms with E-state index in [1.54, 1.807) is 12.1 Å². The summed E-state index contributed by atoms with van der Waals surface area (Å²) in [5.41, 5.74) is 4.84. The van der Waals surface area contributed by atoms with Crippen LogP contribution in [-0.4, -0.2) is 11.8 Å². The number of benzene rings is 1. The smallest absolute Gasteiger partial charge is 0.305 e. The van der Waals surface area contributed by atoms with E-state index in [0.29, 0.717) is 12.2 Å². The van der Waals surface area contributed by atoms with Crippen molar-refractivity contribution < 1.29 is 18.7 Å². The predicted octanol–water partition coefficient (Wildman–Crippen LogP) is 2.98. The average molecular weight is 340 g/mol. The van der Waals surface area contributed by atoms with Gasteiger partial charge in [0.25, 0.3) is 0 Å². The predicted molar refractivity (Wildman–Crippen MR) is 91.6 cm³/mol. The molecule has 0 saturated heterocycles. The van der Waals surface area contributed by atoms with E-state index in [0.717, 1.165) is 18.6 Å². The Balaban J connectivity index is 1.47. The molecule has 3 rings (SSSR count). The summed E-state index contributed by atoms with van der Waals surface area (Å²) in [6.45, 7) is 0.220. The van der Waals surface area contributed by atoms with Crippen LogP contribution >= 0.6 is 0 Å². The molecule has 0 bridgehead atoms. The second-order valence-corrected chi connectivity index (χ2v) is 5.79. The van der Waals surface area contributed by atoms with E-state index < -0.39 is 5.91 Å². The van der Waals surface area contributed by atoms with Crippen LogP contribution in [0.1, 0.15) is 35.6 Å². The van der Waals surface area contributed by atoms with Gasteiger partial charge < -0.3 is 9.15 Å². The van der Waals surface area contributed by atoms with Gasteiger partial charge in [-0.2, -0.15) is 0 Å². The normalized spacial score (nSPS) is 16.2. The van der Waals surface area contributed by atoms with Crippen LogP contribution in [-0.2, 0) is 11.4 Å². The highest BCUT2D eigenvalue weighted by molar-refractivity contribution is 5.93. The van der Waals surface area contributed by atoms with Gasteiger partial charge >= 0.3 is 5.91 Å². The van der Waals surface area contributed by atoms with E-state index in [1.165, 1.54) is 0 Å². The number of hydrogen-bond acceptors (Lipinski definition) is 4. The molecule has 2 aromatic rings. The Morgan fingerprint density at radius 1 is 1.08 bits per heavy atom. The summed E-state index contributed by atoms with van der Waals surface area (Å²) in [7, 11) is 0. The van der Waals surface area contributed by atoms with Gasteiger partial charge in [-0.15, -0.1) is 0 Å². The van der Waals surface area contributed by atoms with Crippen LogP contribution in [0.3, 0.4) is 0 Å². The standard InChI is InChI=1S/C19H20N2O4/c22-18(14-7-3-1-4-8-14)20-21-19(23)17-12-11-16(25-17)13-24-15-9-5-2-6-10-15/h1-3,5-6,9-12,14H,4,7-8,13H2,(H,20,22)(H,21,23)/t14-/m0/s1. The lowest BCUT2D eigenvalue weighted by Gasteiger charge is -2.17. The van der Waals surface area contributed by atoms with Crippen molar-refractivity contribution in [2.45, 2.75) is 25.9 Å². The Bertz CT molecular complexity index is 752. The van der Waals surface area contributed by atoms with E-state index in [-0.39, 0.29) is 24.2 Å². The molecule has 25 heavy (non-hydrogen) atoms. The van der Waals surface area contributed by atoms with Crippen molar-refractivity contribution in [1.29, 1.82) is 0 Å². The highest BCUT2D eigenvalue weighted by Crippen LogP contribution is 2.18. The maximum atomic E-state index is 12.0. The fourth-order valence-corrected chi connectivity index (χ4v) is 2.56. The monoisotopic (exact) mass is 340 g/mol. The van der Waals surface area contributed by atoms with Gasteiger partial charge in [0.05, 0.1) is 0 Å². The number of hydrazine groups is 1. The van der Waals surface area contributed by atoms with Crippen LogP contribution in [0.5, 0.6) is 5.75 Å². The van der Waals surface area contributed by atoms with Gasteiger partial charge in [-0.1, -0.05) is 30.4 Å². The zero-order valence-corrected chi connectivity index (χ0v) is 13.7. The quantitative estimate of drug-likeness (QED) is 0.648. The average Bonchev–Trinajstić information content (AvgIpc) is 3.15. The third-order valence-electron chi connectivity index (χ3n) is 3.95. The number of nitrogens with one attached hydrogen (secondary N) is 2. The molecule has 1 aromatic carbocycles. The Morgan fingerprint density at radius 3 is 2.68 bits per heavy atom. The summed E-state index contributed by atoms with van der Waals surface area (Å²) in [6.07, 6.45) is 6.42. The minimum atomic E-state index is -0.495.